The molecule has 1 amide bonds. The molecule has 104 valence electrons. The Hall–Kier alpha value is -0.680. The summed E-state index contributed by atoms with van der Waals surface area (Å²) in [4.78, 5) is 16.6. The average molecular weight is 271 g/mol. The number of amides is 1. The molecule has 0 radical (unpaired) electrons. The van der Waals surface area contributed by atoms with Crippen LogP contribution in [0.25, 0.3) is 0 Å². The lowest BCUT2D eigenvalue weighted by atomic mass is 10.00. The topological polar surface area (TPSA) is 49.6 Å². The summed E-state index contributed by atoms with van der Waals surface area (Å²) in [7, 11) is 1.82. The predicted molar refractivity (Wildman–Crippen MR) is 78.5 cm³/mol. The molecule has 0 saturated carbocycles. The van der Waals surface area contributed by atoms with Crippen LogP contribution in [0.3, 0.4) is 0 Å². The van der Waals surface area contributed by atoms with Gasteiger partial charge in [0.05, 0.1) is 11.5 Å². The maximum Gasteiger partial charge on any atom is 0.236 e. The van der Waals surface area contributed by atoms with Gasteiger partial charge in [0.1, 0.15) is 0 Å². The monoisotopic (exact) mass is 271 g/mol. The summed E-state index contributed by atoms with van der Waals surface area (Å²) >= 11 is 4.83. The van der Waals surface area contributed by atoms with Crippen LogP contribution in [0, 0.1) is 0 Å². The first-order valence-corrected chi connectivity index (χ1v) is 7.21. The second kappa shape index (κ2) is 7.69. The first-order chi connectivity index (χ1) is 8.54. The molecule has 0 spiro atoms. The lowest BCUT2D eigenvalue weighted by molar-refractivity contribution is -0.132. The van der Waals surface area contributed by atoms with E-state index in [-0.39, 0.29) is 5.91 Å². The van der Waals surface area contributed by atoms with Gasteiger partial charge in [-0.15, -0.1) is 0 Å². The van der Waals surface area contributed by atoms with E-state index in [0.717, 1.165) is 13.0 Å². The minimum absolute atomic E-state index is 0.173. The van der Waals surface area contributed by atoms with Crippen LogP contribution in [0.15, 0.2) is 0 Å². The van der Waals surface area contributed by atoms with E-state index in [4.69, 9.17) is 18.0 Å². The minimum Gasteiger partial charge on any atom is -0.393 e. The Morgan fingerprint density at radius 2 is 2.22 bits per heavy atom. The van der Waals surface area contributed by atoms with Crippen LogP contribution in [0.4, 0.5) is 0 Å². The van der Waals surface area contributed by atoms with Crippen LogP contribution >= 0.6 is 12.2 Å². The number of thiocarbonyl (C=S) groups is 1. The van der Waals surface area contributed by atoms with Gasteiger partial charge in [0, 0.05) is 26.1 Å². The fourth-order valence-corrected chi connectivity index (χ4v) is 2.52. The van der Waals surface area contributed by atoms with Crippen LogP contribution in [-0.2, 0) is 4.79 Å². The van der Waals surface area contributed by atoms with Crippen molar-refractivity contribution in [3.63, 3.8) is 0 Å². The molecule has 1 aliphatic rings. The van der Waals surface area contributed by atoms with E-state index < -0.39 is 0 Å². The number of likely N-dealkylation sites (N-methyl/N-ethyl adjacent to an activating group) is 1. The molecule has 18 heavy (non-hydrogen) atoms. The fourth-order valence-electron chi connectivity index (χ4n) is 2.43. The first-order valence-electron chi connectivity index (χ1n) is 6.81. The molecule has 0 aromatic rings. The van der Waals surface area contributed by atoms with Crippen LogP contribution in [-0.4, -0.2) is 53.4 Å². The van der Waals surface area contributed by atoms with E-state index in [0.29, 0.717) is 30.5 Å². The second-order valence-electron chi connectivity index (χ2n) is 5.06. The van der Waals surface area contributed by atoms with Crippen molar-refractivity contribution >= 4 is 23.1 Å². The number of rotatable bonds is 6. The van der Waals surface area contributed by atoms with E-state index in [1.54, 1.807) is 4.90 Å². The summed E-state index contributed by atoms with van der Waals surface area (Å²) in [5, 5.41) is 0. The van der Waals surface area contributed by atoms with Crippen LogP contribution in [0.5, 0.6) is 0 Å². The standard InChI is InChI=1S/C13H25N3OS/c1-3-11-6-4-5-8-16(11)10-13(17)15(2)9-7-12(14)18/h11H,3-10H2,1-2H3,(H2,14,18). The summed E-state index contributed by atoms with van der Waals surface area (Å²) in [6.45, 7) is 4.41. The normalized spacial score (nSPS) is 20.7. The third kappa shape index (κ3) is 4.90. The van der Waals surface area contributed by atoms with Gasteiger partial charge in [-0.25, -0.2) is 0 Å². The molecule has 1 heterocycles. The Balaban J connectivity index is 2.39. The highest BCUT2D eigenvalue weighted by molar-refractivity contribution is 7.80. The molecular formula is C13H25N3OS. The maximum absolute atomic E-state index is 12.1. The quantitative estimate of drug-likeness (QED) is 0.742. The lowest BCUT2D eigenvalue weighted by Crippen LogP contribution is -2.46. The molecule has 2 N–H and O–H groups in total. The fraction of sp³-hybridized carbons (Fsp3) is 0.846. The number of nitrogens with two attached hydrogens (primary N) is 1. The van der Waals surface area contributed by atoms with E-state index in [1.165, 1.54) is 19.3 Å². The zero-order valence-electron chi connectivity index (χ0n) is 11.5. The zero-order chi connectivity index (χ0) is 13.5. The van der Waals surface area contributed by atoms with E-state index in [1.807, 2.05) is 7.05 Å². The average Bonchev–Trinajstić information content (AvgIpc) is 2.36. The van der Waals surface area contributed by atoms with Crippen molar-refractivity contribution in [2.75, 3.05) is 26.7 Å². The first kappa shape index (κ1) is 15.4. The number of likely N-dealkylation sites (tertiary alicyclic amines) is 1. The van der Waals surface area contributed by atoms with Crippen molar-refractivity contribution in [2.45, 2.75) is 45.1 Å². The minimum atomic E-state index is 0.173. The molecule has 0 bridgehead atoms. The molecule has 1 unspecified atom stereocenters. The van der Waals surface area contributed by atoms with Crippen molar-refractivity contribution < 1.29 is 4.79 Å². The van der Waals surface area contributed by atoms with Gasteiger partial charge in [-0.05, 0) is 25.8 Å². The summed E-state index contributed by atoms with van der Waals surface area (Å²) < 4.78 is 0. The zero-order valence-corrected chi connectivity index (χ0v) is 12.3. The predicted octanol–water partition coefficient (Wildman–Crippen LogP) is 1.39. The van der Waals surface area contributed by atoms with Gasteiger partial charge in [-0.3, -0.25) is 9.69 Å². The summed E-state index contributed by atoms with van der Waals surface area (Å²) in [5.41, 5.74) is 5.45. The molecular weight excluding hydrogens is 246 g/mol. The molecule has 1 fully saturated rings. The van der Waals surface area contributed by atoms with E-state index >= 15 is 0 Å². The van der Waals surface area contributed by atoms with Crippen molar-refractivity contribution in [3.05, 3.63) is 0 Å². The van der Waals surface area contributed by atoms with E-state index in [2.05, 4.69) is 11.8 Å². The SMILES string of the molecule is CCC1CCCCN1CC(=O)N(C)CCC(N)=S. The highest BCUT2D eigenvalue weighted by Gasteiger charge is 2.23. The highest BCUT2D eigenvalue weighted by Crippen LogP contribution is 2.19. The van der Waals surface area contributed by atoms with Gasteiger partial charge in [0.15, 0.2) is 0 Å². The molecule has 4 nitrogen and oxygen atoms in total. The number of hydrogen-bond donors (Lipinski definition) is 1. The number of nitrogens with zero attached hydrogens (tertiary/aromatic N) is 2. The van der Waals surface area contributed by atoms with Gasteiger partial charge < -0.3 is 10.6 Å². The third-order valence-electron chi connectivity index (χ3n) is 3.68. The molecule has 1 saturated heterocycles. The largest absolute Gasteiger partial charge is 0.393 e. The van der Waals surface area contributed by atoms with Crippen LogP contribution in [0.1, 0.15) is 39.0 Å². The Morgan fingerprint density at radius 1 is 1.50 bits per heavy atom. The Kier molecular flexibility index (Phi) is 6.57. The van der Waals surface area contributed by atoms with Crippen molar-refractivity contribution in [3.8, 4) is 0 Å². The van der Waals surface area contributed by atoms with Crippen molar-refractivity contribution in [2.24, 2.45) is 5.73 Å². The Morgan fingerprint density at radius 3 is 2.83 bits per heavy atom. The number of carbonyl (C=O) groups is 1. The summed E-state index contributed by atoms with van der Waals surface area (Å²) in [5.74, 6) is 0.173. The van der Waals surface area contributed by atoms with Gasteiger partial charge in [-0.1, -0.05) is 25.6 Å². The number of piperidine rings is 1. The third-order valence-corrected chi connectivity index (χ3v) is 3.88. The molecule has 5 heteroatoms. The summed E-state index contributed by atoms with van der Waals surface area (Å²) in [6, 6.07) is 0.576. The molecule has 0 aromatic heterocycles. The van der Waals surface area contributed by atoms with Gasteiger partial charge in [-0.2, -0.15) is 0 Å². The van der Waals surface area contributed by atoms with Gasteiger partial charge >= 0.3 is 0 Å². The maximum atomic E-state index is 12.1. The van der Waals surface area contributed by atoms with Gasteiger partial charge in [0.2, 0.25) is 5.91 Å². The number of hydrogen-bond acceptors (Lipinski definition) is 3. The molecule has 1 rings (SSSR count). The lowest BCUT2D eigenvalue weighted by Gasteiger charge is -2.35. The van der Waals surface area contributed by atoms with E-state index in [9.17, 15) is 4.79 Å². The molecule has 0 aliphatic carbocycles. The molecule has 1 atom stereocenters. The Bertz CT molecular complexity index is 296. The Labute approximate surface area is 115 Å². The molecule has 0 aromatic carbocycles. The second-order valence-corrected chi connectivity index (χ2v) is 5.58. The summed E-state index contributed by atoms with van der Waals surface area (Å²) in [6.07, 6.45) is 5.46. The molecule has 1 aliphatic heterocycles. The smallest absolute Gasteiger partial charge is 0.236 e. The van der Waals surface area contributed by atoms with Crippen LogP contribution in [0.2, 0.25) is 0 Å². The van der Waals surface area contributed by atoms with Gasteiger partial charge in [0.25, 0.3) is 0 Å². The van der Waals surface area contributed by atoms with Crippen molar-refractivity contribution in [1.82, 2.24) is 9.80 Å². The highest BCUT2D eigenvalue weighted by atomic mass is 32.1. The van der Waals surface area contributed by atoms with Crippen LogP contribution < -0.4 is 5.73 Å². The number of carbonyl (C=O) groups excluding carboxylic acids is 1. The van der Waals surface area contributed by atoms with Crippen molar-refractivity contribution in [1.29, 1.82) is 0 Å².